The summed E-state index contributed by atoms with van der Waals surface area (Å²) in [5.41, 5.74) is -0.104. The first-order valence-corrected chi connectivity index (χ1v) is 11.4. The molecule has 0 fully saturated rings. The van der Waals surface area contributed by atoms with Gasteiger partial charge in [0.15, 0.2) is 11.5 Å². The van der Waals surface area contributed by atoms with E-state index in [4.69, 9.17) is 9.47 Å². The molecule has 3 N–H and O–H groups in total. The number of carboxylic acid groups (broad SMARTS) is 1. The van der Waals surface area contributed by atoms with Crippen LogP contribution < -0.4 is 20.1 Å². The quantitative estimate of drug-likeness (QED) is 0.260. The number of amides is 2. The molecule has 1 aliphatic heterocycles. The summed E-state index contributed by atoms with van der Waals surface area (Å²) in [5.74, 6) is -1.35. The van der Waals surface area contributed by atoms with Crippen molar-refractivity contribution in [2.45, 2.75) is 12.5 Å². The van der Waals surface area contributed by atoms with Crippen LogP contribution >= 0.6 is 11.8 Å². The van der Waals surface area contributed by atoms with Crippen molar-refractivity contribution in [2.24, 2.45) is 0 Å². The largest absolute Gasteiger partial charge is 0.480 e. The number of hydrogen-bond donors (Lipinski definition) is 3. The zero-order chi connectivity index (χ0) is 24.7. The van der Waals surface area contributed by atoms with Gasteiger partial charge < -0.3 is 25.2 Å². The Morgan fingerprint density at radius 1 is 1.21 bits per heavy atom. The molecule has 2 aromatic rings. The molecule has 12 heteroatoms. The number of carbonyl (C=O) groups excluding carboxylic acids is 2. The van der Waals surface area contributed by atoms with Crippen LogP contribution in [0.15, 0.2) is 48.2 Å². The number of ether oxygens (including phenoxy) is 2. The highest BCUT2D eigenvalue weighted by molar-refractivity contribution is 7.98. The van der Waals surface area contributed by atoms with Crippen LogP contribution in [0, 0.1) is 10.1 Å². The highest BCUT2D eigenvalue weighted by atomic mass is 32.2. The summed E-state index contributed by atoms with van der Waals surface area (Å²) in [5, 5.41) is 25.3. The molecule has 0 spiro atoms. The average molecular weight is 487 g/mol. The van der Waals surface area contributed by atoms with E-state index >= 15 is 0 Å². The number of nitro benzene ring substituents is 1. The minimum absolute atomic E-state index is 0.0456. The van der Waals surface area contributed by atoms with Crippen molar-refractivity contribution in [1.82, 2.24) is 10.6 Å². The normalized spacial score (nSPS) is 13.1. The predicted octanol–water partition coefficient (Wildman–Crippen LogP) is 2.42. The van der Waals surface area contributed by atoms with Gasteiger partial charge in [0.25, 0.3) is 17.5 Å². The maximum atomic E-state index is 13.0. The maximum absolute atomic E-state index is 13.0. The molecule has 0 aliphatic carbocycles. The van der Waals surface area contributed by atoms with E-state index < -0.39 is 28.7 Å². The summed E-state index contributed by atoms with van der Waals surface area (Å²) in [6, 6.07) is 8.69. The van der Waals surface area contributed by atoms with E-state index in [0.29, 0.717) is 22.8 Å². The molecule has 0 saturated carbocycles. The minimum Gasteiger partial charge on any atom is -0.480 e. The minimum atomic E-state index is -1.21. The van der Waals surface area contributed by atoms with Gasteiger partial charge in [-0.15, -0.1) is 0 Å². The molecular formula is C22H21N3O8S. The fourth-order valence-corrected chi connectivity index (χ4v) is 3.48. The second kappa shape index (κ2) is 11.2. The van der Waals surface area contributed by atoms with E-state index in [9.17, 15) is 29.6 Å². The van der Waals surface area contributed by atoms with Gasteiger partial charge in [-0.3, -0.25) is 19.7 Å². The highest BCUT2D eigenvalue weighted by Crippen LogP contribution is 2.33. The number of carbonyl (C=O) groups is 3. The van der Waals surface area contributed by atoms with E-state index in [-0.39, 0.29) is 30.2 Å². The third-order valence-electron chi connectivity index (χ3n) is 4.73. The van der Waals surface area contributed by atoms with Crippen molar-refractivity contribution in [3.63, 3.8) is 0 Å². The molecule has 0 bridgehead atoms. The number of carboxylic acids is 1. The summed E-state index contributed by atoms with van der Waals surface area (Å²) in [6.07, 6.45) is 3.34. The SMILES string of the molecule is CSCC[C@H](NC(=O)/C(=C/c1ccc2c(c1)OCO2)NC(=O)c1cccc([N+](=O)[O-])c1)C(=O)O. The van der Waals surface area contributed by atoms with Gasteiger partial charge in [0.2, 0.25) is 6.79 Å². The molecule has 1 atom stereocenters. The Morgan fingerprint density at radius 3 is 2.68 bits per heavy atom. The molecule has 34 heavy (non-hydrogen) atoms. The number of nitro groups is 1. The van der Waals surface area contributed by atoms with Gasteiger partial charge in [-0.25, -0.2) is 4.79 Å². The molecular weight excluding hydrogens is 466 g/mol. The van der Waals surface area contributed by atoms with Crippen LogP contribution in [0.4, 0.5) is 5.69 Å². The van der Waals surface area contributed by atoms with Crippen molar-refractivity contribution in [3.8, 4) is 11.5 Å². The van der Waals surface area contributed by atoms with E-state index in [1.165, 1.54) is 36.0 Å². The maximum Gasteiger partial charge on any atom is 0.326 e. The molecule has 1 heterocycles. The number of nitrogens with zero attached hydrogens (tertiary/aromatic N) is 1. The Hall–Kier alpha value is -4.06. The fourth-order valence-electron chi connectivity index (χ4n) is 3.01. The average Bonchev–Trinajstić information content (AvgIpc) is 3.29. The Balaban J connectivity index is 1.90. The lowest BCUT2D eigenvalue weighted by molar-refractivity contribution is -0.384. The number of benzene rings is 2. The number of aliphatic carboxylic acids is 1. The smallest absolute Gasteiger partial charge is 0.326 e. The fraction of sp³-hybridized carbons (Fsp3) is 0.227. The van der Waals surface area contributed by atoms with Crippen molar-refractivity contribution in [1.29, 1.82) is 0 Å². The number of nitrogens with one attached hydrogen (secondary N) is 2. The third-order valence-corrected chi connectivity index (χ3v) is 5.38. The van der Waals surface area contributed by atoms with Crippen molar-refractivity contribution in [3.05, 3.63) is 69.4 Å². The molecule has 11 nitrogen and oxygen atoms in total. The predicted molar refractivity (Wildman–Crippen MR) is 124 cm³/mol. The Bertz CT molecular complexity index is 1150. The summed E-state index contributed by atoms with van der Waals surface area (Å²) in [6.45, 7) is 0.0507. The van der Waals surface area contributed by atoms with Gasteiger partial charge in [0.1, 0.15) is 11.7 Å². The molecule has 0 radical (unpaired) electrons. The Labute approximate surface area is 198 Å². The molecule has 0 aromatic heterocycles. The van der Waals surface area contributed by atoms with Gasteiger partial charge in [-0.1, -0.05) is 12.1 Å². The second-order valence-corrected chi connectivity index (χ2v) is 8.06. The van der Waals surface area contributed by atoms with Gasteiger partial charge >= 0.3 is 5.97 Å². The lowest BCUT2D eigenvalue weighted by Gasteiger charge is -2.16. The van der Waals surface area contributed by atoms with Crippen LogP contribution in [-0.2, 0) is 9.59 Å². The van der Waals surface area contributed by atoms with Crippen LogP contribution in [0.1, 0.15) is 22.3 Å². The Kier molecular flexibility index (Phi) is 8.09. The van der Waals surface area contributed by atoms with Gasteiger partial charge in [-0.2, -0.15) is 11.8 Å². The molecule has 3 rings (SSSR count). The summed E-state index contributed by atoms with van der Waals surface area (Å²) >= 11 is 1.43. The molecule has 2 aromatic carbocycles. The molecule has 178 valence electrons. The first-order valence-electron chi connectivity index (χ1n) is 9.98. The first-order chi connectivity index (χ1) is 16.3. The van der Waals surface area contributed by atoms with Crippen LogP contribution in [0.5, 0.6) is 11.5 Å². The third kappa shape index (κ3) is 6.25. The van der Waals surface area contributed by atoms with Crippen molar-refractivity contribution < 1.29 is 33.9 Å². The topological polar surface area (TPSA) is 157 Å². The van der Waals surface area contributed by atoms with Crippen LogP contribution in [0.25, 0.3) is 6.08 Å². The van der Waals surface area contributed by atoms with E-state index in [2.05, 4.69) is 10.6 Å². The zero-order valence-electron chi connectivity index (χ0n) is 18.0. The molecule has 1 aliphatic rings. The number of non-ortho nitro benzene ring substituents is 1. The number of rotatable bonds is 10. The van der Waals surface area contributed by atoms with Crippen molar-refractivity contribution in [2.75, 3.05) is 18.8 Å². The van der Waals surface area contributed by atoms with E-state index in [1.54, 1.807) is 18.2 Å². The van der Waals surface area contributed by atoms with Crippen LogP contribution in [0.3, 0.4) is 0 Å². The summed E-state index contributed by atoms with van der Waals surface area (Å²) in [4.78, 5) is 47.7. The number of thioether (sulfide) groups is 1. The second-order valence-electron chi connectivity index (χ2n) is 7.08. The van der Waals surface area contributed by atoms with Gasteiger partial charge in [0.05, 0.1) is 4.92 Å². The molecule has 0 unspecified atom stereocenters. The van der Waals surface area contributed by atoms with Crippen LogP contribution in [-0.4, -0.2) is 52.7 Å². The zero-order valence-corrected chi connectivity index (χ0v) is 18.8. The van der Waals surface area contributed by atoms with Gasteiger partial charge in [0, 0.05) is 17.7 Å². The van der Waals surface area contributed by atoms with Crippen LogP contribution in [0.2, 0.25) is 0 Å². The highest BCUT2D eigenvalue weighted by Gasteiger charge is 2.24. The number of hydrogen-bond acceptors (Lipinski definition) is 8. The summed E-state index contributed by atoms with van der Waals surface area (Å²) < 4.78 is 10.6. The standard InChI is InChI=1S/C22H21N3O8S/c1-34-8-7-16(22(28)29)23-21(27)17(9-13-5-6-18-19(10-13)33-12-32-18)24-20(26)14-3-2-4-15(11-14)25(30)31/h2-6,9-11,16H,7-8,12H2,1H3,(H,23,27)(H,24,26)(H,28,29)/b17-9-/t16-/m0/s1. The van der Waals surface area contributed by atoms with Gasteiger partial charge in [-0.05, 0) is 48.3 Å². The molecule has 0 saturated heterocycles. The lowest BCUT2D eigenvalue weighted by Crippen LogP contribution is -2.44. The Morgan fingerprint density at radius 2 is 1.97 bits per heavy atom. The first kappa shape index (κ1) is 24.6. The lowest BCUT2D eigenvalue weighted by atomic mass is 10.1. The summed E-state index contributed by atoms with van der Waals surface area (Å²) in [7, 11) is 0. The molecule has 2 amide bonds. The number of fused-ring (bicyclic) bond motifs is 1. The van der Waals surface area contributed by atoms with E-state index in [1.807, 2.05) is 6.26 Å². The van der Waals surface area contributed by atoms with Crippen molar-refractivity contribution >= 4 is 41.3 Å². The van der Waals surface area contributed by atoms with E-state index in [0.717, 1.165) is 6.07 Å². The monoisotopic (exact) mass is 487 g/mol.